The van der Waals surface area contributed by atoms with Crippen LogP contribution in [0.25, 0.3) is 20.7 Å². The summed E-state index contributed by atoms with van der Waals surface area (Å²) in [4.78, 5) is 21.3. The Bertz CT molecular complexity index is 800. The topological polar surface area (TPSA) is 45.8 Å². The molecule has 1 unspecified atom stereocenters. The van der Waals surface area contributed by atoms with Crippen LogP contribution in [-0.4, -0.2) is 9.97 Å². The van der Waals surface area contributed by atoms with Gasteiger partial charge in [0.05, 0.1) is 10.8 Å². The number of fused-ring (bicyclic) bond motifs is 1. The first-order valence-electron chi connectivity index (χ1n) is 5.78. The van der Waals surface area contributed by atoms with Crippen molar-refractivity contribution in [3.05, 3.63) is 38.6 Å². The molecule has 1 N–H and O–H groups in total. The molecule has 3 rings (SSSR count). The number of thiophene rings is 2. The molecular formula is C13H11ClN2OS2. The summed E-state index contributed by atoms with van der Waals surface area (Å²) in [6.07, 6.45) is 0. The van der Waals surface area contributed by atoms with E-state index < -0.39 is 0 Å². The number of hydrogen-bond acceptors (Lipinski definition) is 4. The second-order valence-corrected chi connectivity index (χ2v) is 6.76. The Hall–Kier alpha value is -1.17. The minimum atomic E-state index is -0.300. The number of hydrogen-bond donors (Lipinski definition) is 1. The molecule has 98 valence electrons. The van der Waals surface area contributed by atoms with Crippen molar-refractivity contribution in [3.8, 4) is 10.4 Å². The lowest BCUT2D eigenvalue weighted by Crippen LogP contribution is -2.11. The van der Waals surface area contributed by atoms with E-state index >= 15 is 0 Å². The zero-order valence-electron chi connectivity index (χ0n) is 10.4. The SMILES string of the molecule is Cc1ccsc1-c1csc2nc(C(C)Cl)[nH]c(=O)c12. The van der Waals surface area contributed by atoms with Gasteiger partial charge in [-0.05, 0) is 30.9 Å². The Kier molecular flexibility index (Phi) is 3.20. The summed E-state index contributed by atoms with van der Waals surface area (Å²) in [6, 6.07) is 2.06. The third kappa shape index (κ3) is 2.12. The minimum absolute atomic E-state index is 0.114. The van der Waals surface area contributed by atoms with Gasteiger partial charge in [-0.2, -0.15) is 0 Å². The number of nitrogens with one attached hydrogen (secondary N) is 1. The molecule has 0 aliphatic heterocycles. The molecule has 0 saturated carbocycles. The van der Waals surface area contributed by atoms with Crippen LogP contribution in [0.5, 0.6) is 0 Å². The van der Waals surface area contributed by atoms with Gasteiger partial charge in [0, 0.05) is 15.8 Å². The maximum atomic E-state index is 12.2. The first-order chi connectivity index (χ1) is 9.08. The molecule has 0 saturated heterocycles. The van der Waals surface area contributed by atoms with Gasteiger partial charge in [0.15, 0.2) is 0 Å². The number of aryl methyl sites for hydroxylation is 1. The van der Waals surface area contributed by atoms with Crippen LogP contribution >= 0.6 is 34.3 Å². The zero-order valence-corrected chi connectivity index (χ0v) is 12.7. The highest BCUT2D eigenvalue weighted by Gasteiger charge is 2.16. The van der Waals surface area contributed by atoms with Crippen LogP contribution in [0.4, 0.5) is 0 Å². The first-order valence-corrected chi connectivity index (χ1v) is 7.97. The predicted molar refractivity (Wildman–Crippen MR) is 82.6 cm³/mol. The van der Waals surface area contributed by atoms with Gasteiger partial charge in [-0.3, -0.25) is 4.79 Å². The molecule has 0 fully saturated rings. The maximum Gasteiger partial charge on any atom is 0.260 e. The predicted octanol–water partition coefficient (Wildman–Crippen LogP) is 4.32. The van der Waals surface area contributed by atoms with E-state index in [0.717, 1.165) is 15.3 Å². The second-order valence-electron chi connectivity index (χ2n) is 4.33. The van der Waals surface area contributed by atoms with Crippen LogP contribution in [0, 0.1) is 6.92 Å². The number of H-pyrrole nitrogens is 1. The quantitative estimate of drug-likeness (QED) is 0.716. The number of alkyl halides is 1. The molecule has 1 atom stereocenters. The monoisotopic (exact) mass is 310 g/mol. The van der Waals surface area contributed by atoms with Crippen molar-refractivity contribution in [1.82, 2.24) is 9.97 Å². The first kappa shape index (κ1) is 12.8. The number of aromatic amines is 1. The van der Waals surface area contributed by atoms with Crippen LogP contribution in [0.2, 0.25) is 0 Å². The average molecular weight is 311 g/mol. The number of aromatic nitrogens is 2. The molecule has 3 aromatic rings. The van der Waals surface area contributed by atoms with Crippen molar-refractivity contribution in [2.24, 2.45) is 0 Å². The summed E-state index contributed by atoms with van der Waals surface area (Å²) in [5.74, 6) is 0.524. The molecule has 0 spiro atoms. The van der Waals surface area contributed by atoms with Gasteiger partial charge < -0.3 is 4.98 Å². The smallest absolute Gasteiger partial charge is 0.260 e. The molecular weight excluding hydrogens is 300 g/mol. The van der Waals surface area contributed by atoms with Crippen molar-refractivity contribution in [1.29, 1.82) is 0 Å². The van der Waals surface area contributed by atoms with E-state index in [4.69, 9.17) is 11.6 Å². The highest BCUT2D eigenvalue weighted by Crippen LogP contribution is 2.36. The van der Waals surface area contributed by atoms with Gasteiger partial charge in [-0.1, -0.05) is 0 Å². The summed E-state index contributed by atoms with van der Waals surface area (Å²) in [6.45, 7) is 3.84. The fraction of sp³-hybridized carbons (Fsp3) is 0.231. The number of rotatable bonds is 2. The summed E-state index contributed by atoms with van der Waals surface area (Å²) < 4.78 is 0. The molecule has 19 heavy (non-hydrogen) atoms. The molecule has 0 aliphatic carbocycles. The van der Waals surface area contributed by atoms with Gasteiger partial charge in [0.2, 0.25) is 0 Å². The lowest BCUT2D eigenvalue weighted by molar-refractivity contribution is 0.917. The van der Waals surface area contributed by atoms with Crippen LogP contribution < -0.4 is 5.56 Å². The van der Waals surface area contributed by atoms with Crippen LogP contribution in [0.3, 0.4) is 0 Å². The Morgan fingerprint density at radius 3 is 2.84 bits per heavy atom. The third-order valence-electron chi connectivity index (χ3n) is 2.95. The Morgan fingerprint density at radius 2 is 2.21 bits per heavy atom. The van der Waals surface area contributed by atoms with Gasteiger partial charge in [0.25, 0.3) is 5.56 Å². The Labute approximate surface area is 122 Å². The molecule has 0 aliphatic rings. The summed E-state index contributed by atoms with van der Waals surface area (Å²) in [5, 5.41) is 4.39. The number of halogens is 1. The van der Waals surface area contributed by atoms with E-state index in [1.165, 1.54) is 16.9 Å². The van der Waals surface area contributed by atoms with Crippen molar-refractivity contribution in [3.63, 3.8) is 0 Å². The van der Waals surface area contributed by atoms with Gasteiger partial charge in [0.1, 0.15) is 10.7 Å². The maximum absolute atomic E-state index is 12.2. The zero-order chi connectivity index (χ0) is 13.6. The fourth-order valence-corrected chi connectivity index (χ4v) is 4.03. The molecule has 0 radical (unpaired) electrons. The molecule has 0 aromatic carbocycles. The van der Waals surface area contributed by atoms with Crippen molar-refractivity contribution >= 4 is 44.5 Å². The van der Waals surface area contributed by atoms with Gasteiger partial charge in [-0.15, -0.1) is 34.3 Å². The third-order valence-corrected chi connectivity index (χ3v) is 5.07. The Balaban J connectivity index is 2.31. The van der Waals surface area contributed by atoms with E-state index in [-0.39, 0.29) is 10.9 Å². The minimum Gasteiger partial charge on any atom is -0.309 e. The summed E-state index contributed by atoms with van der Waals surface area (Å²) in [7, 11) is 0. The lowest BCUT2D eigenvalue weighted by atomic mass is 10.1. The second kappa shape index (κ2) is 4.74. The van der Waals surface area contributed by atoms with E-state index in [1.54, 1.807) is 18.3 Å². The lowest BCUT2D eigenvalue weighted by Gasteiger charge is -2.02. The average Bonchev–Trinajstić information content (AvgIpc) is 2.94. The van der Waals surface area contributed by atoms with Crippen molar-refractivity contribution in [2.75, 3.05) is 0 Å². The molecule has 3 heterocycles. The van der Waals surface area contributed by atoms with Crippen LogP contribution in [0.1, 0.15) is 23.7 Å². The highest BCUT2D eigenvalue weighted by molar-refractivity contribution is 7.18. The molecule has 3 nitrogen and oxygen atoms in total. The molecule has 0 amide bonds. The van der Waals surface area contributed by atoms with E-state index in [2.05, 4.69) is 16.0 Å². The van der Waals surface area contributed by atoms with E-state index in [1.807, 2.05) is 17.7 Å². The van der Waals surface area contributed by atoms with E-state index in [0.29, 0.717) is 11.2 Å². The van der Waals surface area contributed by atoms with Crippen LogP contribution in [0.15, 0.2) is 21.6 Å². The summed E-state index contributed by atoms with van der Waals surface area (Å²) >= 11 is 9.11. The Morgan fingerprint density at radius 1 is 1.42 bits per heavy atom. The van der Waals surface area contributed by atoms with Crippen LogP contribution in [-0.2, 0) is 0 Å². The van der Waals surface area contributed by atoms with Gasteiger partial charge >= 0.3 is 0 Å². The van der Waals surface area contributed by atoms with Crippen molar-refractivity contribution < 1.29 is 0 Å². The van der Waals surface area contributed by atoms with E-state index in [9.17, 15) is 4.79 Å². The molecule has 0 bridgehead atoms. The largest absolute Gasteiger partial charge is 0.309 e. The van der Waals surface area contributed by atoms with Crippen molar-refractivity contribution in [2.45, 2.75) is 19.2 Å². The fourth-order valence-electron chi connectivity index (χ4n) is 1.97. The highest BCUT2D eigenvalue weighted by atomic mass is 35.5. The summed E-state index contributed by atoms with van der Waals surface area (Å²) in [5.41, 5.74) is 2.03. The van der Waals surface area contributed by atoms with Gasteiger partial charge in [-0.25, -0.2) is 4.98 Å². The standard InChI is InChI=1S/C13H11ClN2OS2/c1-6-3-4-18-10(6)8-5-19-13-9(8)12(17)15-11(16-13)7(2)14/h3-5,7H,1-2H3,(H,15,16,17). The molecule has 6 heteroatoms. The normalized spacial score (nSPS) is 13.0. The molecule has 3 aromatic heterocycles. The number of nitrogens with zero attached hydrogens (tertiary/aromatic N) is 1.